The van der Waals surface area contributed by atoms with Crippen LogP contribution in [0.15, 0.2) is 28.9 Å². The van der Waals surface area contributed by atoms with Crippen molar-refractivity contribution in [2.75, 3.05) is 20.2 Å². The molecule has 1 aromatic carbocycles. The number of amides is 2. The van der Waals surface area contributed by atoms with E-state index in [1.165, 1.54) is 38.9 Å². The Morgan fingerprint density at radius 2 is 1.93 bits per heavy atom. The van der Waals surface area contributed by atoms with E-state index in [4.69, 9.17) is 9.15 Å². The summed E-state index contributed by atoms with van der Waals surface area (Å²) < 4.78 is 50.5. The van der Waals surface area contributed by atoms with Crippen LogP contribution in [0.25, 0.3) is 0 Å². The second-order valence-corrected chi connectivity index (χ2v) is 12.6. The lowest BCUT2D eigenvalue weighted by Gasteiger charge is -2.24. The van der Waals surface area contributed by atoms with Gasteiger partial charge in [0, 0.05) is 19.5 Å². The SMILES string of the molecule is CCCCCCCCNC(=O)c1coc(C2CCCN2Cc2cc(OC)ccc2CCC(=O)NS(=O)(=O)C(F)CC)n1. The first kappa shape index (κ1) is 33.5. The van der Waals surface area contributed by atoms with Crippen LogP contribution in [-0.4, -0.2) is 55.8 Å². The zero-order valence-corrected chi connectivity index (χ0v) is 25.8. The standard InChI is InChI=1S/C30H45FN4O6S/c1-4-6-7-8-9-10-17-32-29(37)25-21-41-30(33-25)26-12-11-18-35(26)20-23-19-24(40-3)15-13-22(23)14-16-28(36)34-42(38,39)27(31)5-2/h13,15,19,21,26-27H,4-12,14,16-18,20H2,1-3H3,(H,32,37)(H,34,36). The van der Waals surface area contributed by atoms with Gasteiger partial charge in [0.2, 0.25) is 17.3 Å². The summed E-state index contributed by atoms with van der Waals surface area (Å²) in [6.45, 7) is 5.50. The fourth-order valence-electron chi connectivity index (χ4n) is 5.12. The number of rotatable bonds is 18. The van der Waals surface area contributed by atoms with E-state index in [0.29, 0.717) is 24.7 Å². The zero-order valence-electron chi connectivity index (χ0n) is 25.0. The van der Waals surface area contributed by atoms with E-state index in [-0.39, 0.29) is 36.9 Å². The Morgan fingerprint density at radius 3 is 2.67 bits per heavy atom. The Bertz CT molecular complexity index is 1270. The summed E-state index contributed by atoms with van der Waals surface area (Å²) in [5.41, 5.74) is -0.0996. The highest BCUT2D eigenvalue weighted by molar-refractivity contribution is 7.90. The second-order valence-electron chi connectivity index (χ2n) is 10.7. The maximum atomic E-state index is 13.7. The average molecular weight is 609 g/mol. The lowest BCUT2D eigenvalue weighted by Crippen LogP contribution is -2.36. The smallest absolute Gasteiger partial charge is 0.273 e. The van der Waals surface area contributed by atoms with Gasteiger partial charge in [-0.2, -0.15) is 0 Å². The third-order valence-electron chi connectivity index (χ3n) is 7.54. The van der Waals surface area contributed by atoms with Crippen LogP contribution in [0, 0.1) is 0 Å². The molecule has 1 saturated heterocycles. The minimum absolute atomic E-state index is 0.116. The Balaban J connectivity index is 1.61. The molecule has 1 aliphatic heterocycles. The van der Waals surface area contributed by atoms with Gasteiger partial charge >= 0.3 is 0 Å². The molecule has 1 fully saturated rings. The van der Waals surface area contributed by atoms with Crippen LogP contribution in [-0.2, 0) is 27.8 Å². The summed E-state index contributed by atoms with van der Waals surface area (Å²) in [5.74, 6) is 0.147. The Morgan fingerprint density at radius 1 is 1.17 bits per heavy atom. The van der Waals surface area contributed by atoms with Crippen LogP contribution in [0.3, 0.4) is 0 Å². The Kier molecular flexibility index (Phi) is 13.2. The van der Waals surface area contributed by atoms with Gasteiger partial charge in [-0.1, -0.05) is 52.0 Å². The van der Waals surface area contributed by atoms with E-state index in [9.17, 15) is 22.4 Å². The van der Waals surface area contributed by atoms with E-state index in [0.717, 1.165) is 43.4 Å². The molecule has 2 amide bonds. The van der Waals surface area contributed by atoms with Crippen LogP contribution in [0.4, 0.5) is 4.39 Å². The third kappa shape index (κ3) is 9.79. The molecule has 12 heteroatoms. The van der Waals surface area contributed by atoms with Crippen molar-refractivity contribution in [2.45, 2.75) is 103 Å². The largest absolute Gasteiger partial charge is 0.497 e. The maximum absolute atomic E-state index is 13.7. The van der Waals surface area contributed by atoms with Gasteiger partial charge < -0.3 is 14.5 Å². The predicted molar refractivity (Wildman–Crippen MR) is 158 cm³/mol. The number of nitrogens with zero attached hydrogens (tertiary/aromatic N) is 2. The van der Waals surface area contributed by atoms with Gasteiger partial charge in [-0.25, -0.2) is 17.8 Å². The predicted octanol–water partition coefficient (Wildman–Crippen LogP) is 5.19. The number of carbonyl (C=O) groups excluding carboxylic acids is 2. The number of hydrogen-bond acceptors (Lipinski definition) is 8. The van der Waals surface area contributed by atoms with Crippen LogP contribution in [0.2, 0.25) is 0 Å². The monoisotopic (exact) mass is 608 g/mol. The molecule has 2 unspecified atom stereocenters. The molecule has 42 heavy (non-hydrogen) atoms. The van der Waals surface area contributed by atoms with Crippen molar-refractivity contribution in [1.82, 2.24) is 19.9 Å². The highest BCUT2D eigenvalue weighted by atomic mass is 32.2. The van der Waals surface area contributed by atoms with Gasteiger partial charge in [0.15, 0.2) is 5.69 Å². The summed E-state index contributed by atoms with van der Waals surface area (Å²) >= 11 is 0. The number of nitrogens with one attached hydrogen (secondary N) is 2. The number of sulfonamides is 1. The highest BCUT2D eigenvalue weighted by Crippen LogP contribution is 2.34. The number of methoxy groups -OCH3 is 1. The molecule has 2 heterocycles. The minimum atomic E-state index is -4.35. The van der Waals surface area contributed by atoms with E-state index >= 15 is 0 Å². The number of aromatic nitrogens is 1. The number of unbranched alkanes of at least 4 members (excludes halogenated alkanes) is 5. The van der Waals surface area contributed by atoms with Crippen LogP contribution in [0.5, 0.6) is 5.75 Å². The number of alkyl halides is 1. The normalized spacial score (nSPS) is 16.3. The van der Waals surface area contributed by atoms with Crippen molar-refractivity contribution in [2.24, 2.45) is 0 Å². The molecule has 0 bridgehead atoms. The van der Waals surface area contributed by atoms with Crippen molar-refractivity contribution in [1.29, 1.82) is 0 Å². The molecular formula is C30H45FN4O6S. The summed E-state index contributed by atoms with van der Waals surface area (Å²) in [6.07, 6.45) is 9.96. The summed E-state index contributed by atoms with van der Waals surface area (Å²) in [7, 11) is -2.78. The fraction of sp³-hybridized carbons (Fsp3) is 0.633. The third-order valence-corrected chi connectivity index (χ3v) is 9.06. The van der Waals surface area contributed by atoms with Crippen molar-refractivity contribution in [3.63, 3.8) is 0 Å². The molecule has 0 spiro atoms. The second kappa shape index (κ2) is 16.6. The molecule has 1 aliphatic rings. The molecule has 0 saturated carbocycles. The van der Waals surface area contributed by atoms with Crippen molar-refractivity contribution in [3.05, 3.63) is 47.2 Å². The number of halogens is 1. The van der Waals surface area contributed by atoms with Gasteiger partial charge in [-0.3, -0.25) is 19.2 Å². The van der Waals surface area contributed by atoms with Crippen LogP contribution < -0.4 is 14.8 Å². The molecule has 2 atom stereocenters. The van der Waals surface area contributed by atoms with Gasteiger partial charge in [0.05, 0.1) is 13.2 Å². The van der Waals surface area contributed by atoms with Gasteiger partial charge in [-0.15, -0.1) is 0 Å². The van der Waals surface area contributed by atoms with Gasteiger partial charge in [-0.05, 0) is 61.9 Å². The van der Waals surface area contributed by atoms with Gasteiger partial charge in [0.1, 0.15) is 12.0 Å². The first-order valence-corrected chi connectivity index (χ1v) is 16.5. The van der Waals surface area contributed by atoms with E-state index in [1.807, 2.05) is 16.9 Å². The summed E-state index contributed by atoms with van der Waals surface area (Å²) in [4.78, 5) is 31.6. The lowest BCUT2D eigenvalue weighted by molar-refractivity contribution is -0.119. The quantitative estimate of drug-likeness (QED) is 0.221. The van der Waals surface area contributed by atoms with Crippen molar-refractivity contribution < 1.29 is 31.6 Å². The molecule has 2 aromatic rings. The minimum Gasteiger partial charge on any atom is -0.497 e. The molecular weight excluding hydrogens is 563 g/mol. The zero-order chi connectivity index (χ0) is 30.5. The number of likely N-dealkylation sites (tertiary alicyclic amines) is 1. The average Bonchev–Trinajstić information content (AvgIpc) is 3.65. The van der Waals surface area contributed by atoms with E-state index in [2.05, 4.69) is 22.1 Å². The Labute approximate surface area is 248 Å². The van der Waals surface area contributed by atoms with E-state index in [1.54, 1.807) is 13.2 Å². The van der Waals surface area contributed by atoms with Crippen molar-refractivity contribution >= 4 is 21.8 Å². The molecule has 0 aliphatic carbocycles. The molecule has 2 N–H and O–H groups in total. The van der Waals surface area contributed by atoms with E-state index < -0.39 is 21.4 Å². The number of benzene rings is 1. The van der Waals surface area contributed by atoms with Crippen LogP contribution in [0.1, 0.15) is 112 Å². The van der Waals surface area contributed by atoms with Crippen molar-refractivity contribution in [3.8, 4) is 5.75 Å². The number of aryl methyl sites for hydroxylation is 1. The molecule has 0 radical (unpaired) electrons. The summed E-state index contributed by atoms with van der Waals surface area (Å²) in [6, 6.07) is 5.41. The number of carbonyl (C=O) groups is 2. The number of hydrogen-bond donors (Lipinski definition) is 2. The highest BCUT2D eigenvalue weighted by Gasteiger charge is 2.31. The number of ether oxygens (including phenoxy) is 1. The lowest BCUT2D eigenvalue weighted by atomic mass is 10.0. The topological polar surface area (TPSA) is 131 Å². The molecule has 3 rings (SSSR count). The van der Waals surface area contributed by atoms with Crippen LogP contribution >= 0.6 is 0 Å². The molecule has 1 aromatic heterocycles. The summed E-state index contributed by atoms with van der Waals surface area (Å²) in [5, 5.41) is 2.93. The maximum Gasteiger partial charge on any atom is 0.273 e. The molecule has 10 nitrogen and oxygen atoms in total. The fourth-order valence-corrected chi connectivity index (χ4v) is 6.10. The Hall–Kier alpha value is -2.99. The first-order chi connectivity index (χ1) is 20.2. The first-order valence-electron chi connectivity index (χ1n) is 15.0. The van der Waals surface area contributed by atoms with Gasteiger partial charge in [0.25, 0.3) is 15.9 Å². The number of oxazole rings is 1. The molecule has 234 valence electrons.